The van der Waals surface area contributed by atoms with Crippen LogP contribution in [0.1, 0.15) is 53.8 Å². The summed E-state index contributed by atoms with van der Waals surface area (Å²) in [5.74, 6) is 0.870. The molecule has 0 bridgehead atoms. The van der Waals surface area contributed by atoms with Gasteiger partial charge in [0.05, 0.1) is 0 Å². The summed E-state index contributed by atoms with van der Waals surface area (Å²) in [4.78, 5) is 26.2. The number of amides is 2. The van der Waals surface area contributed by atoms with Crippen molar-refractivity contribution >= 4 is 11.8 Å². The number of nitrogens with zero attached hydrogens (tertiary/aromatic N) is 2. The highest BCUT2D eigenvalue weighted by Gasteiger charge is 2.35. The molecule has 1 aromatic heterocycles. The normalized spacial score (nSPS) is 21.3. The third-order valence-corrected chi connectivity index (χ3v) is 5.54. The number of hydrogen-bond donors (Lipinski definition) is 2. The molecule has 2 N–H and O–H groups in total. The fourth-order valence-corrected chi connectivity index (χ4v) is 3.73. The van der Waals surface area contributed by atoms with Crippen LogP contribution in [0, 0.1) is 11.8 Å². The van der Waals surface area contributed by atoms with Gasteiger partial charge in [0.1, 0.15) is 0 Å². The molecule has 6 nitrogen and oxygen atoms in total. The second-order valence-electron chi connectivity index (χ2n) is 7.19. The van der Waals surface area contributed by atoms with Crippen molar-refractivity contribution < 1.29 is 9.59 Å². The van der Waals surface area contributed by atoms with Crippen molar-refractivity contribution in [3.05, 3.63) is 17.0 Å². The number of aryl methyl sites for hydroxylation is 1. The van der Waals surface area contributed by atoms with Gasteiger partial charge in [0.25, 0.3) is 5.91 Å². The van der Waals surface area contributed by atoms with E-state index in [1.165, 1.54) is 12.8 Å². The first-order valence-electron chi connectivity index (χ1n) is 8.85. The minimum absolute atomic E-state index is 0.0472. The standard InChI is InChI=1S/C17H24N4O2/c22-16(12-4-3-5-12)18-8-11-9-21(10-11)17(23)15-13-6-1-2-7-14(13)19-20-15/h11-12H,1-10H2,(H,18,22)(H,19,20). The van der Waals surface area contributed by atoms with E-state index < -0.39 is 0 Å². The molecular formula is C17H24N4O2. The Labute approximate surface area is 136 Å². The Morgan fingerprint density at radius 3 is 2.70 bits per heavy atom. The Morgan fingerprint density at radius 2 is 1.96 bits per heavy atom. The molecule has 4 rings (SSSR count). The van der Waals surface area contributed by atoms with E-state index in [-0.39, 0.29) is 17.7 Å². The molecule has 0 spiro atoms. The van der Waals surface area contributed by atoms with Crippen molar-refractivity contribution in [2.75, 3.05) is 19.6 Å². The molecular weight excluding hydrogens is 292 g/mol. The van der Waals surface area contributed by atoms with Gasteiger partial charge < -0.3 is 10.2 Å². The number of carbonyl (C=O) groups is 2. The van der Waals surface area contributed by atoms with Crippen LogP contribution >= 0.6 is 0 Å². The van der Waals surface area contributed by atoms with Gasteiger partial charge in [0.15, 0.2) is 5.69 Å². The molecule has 1 aromatic rings. The first-order valence-corrected chi connectivity index (χ1v) is 8.85. The number of rotatable bonds is 4. The smallest absolute Gasteiger partial charge is 0.274 e. The van der Waals surface area contributed by atoms with E-state index in [4.69, 9.17) is 0 Å². The summed E-state index contributed by atoms with van der Waals surface area (Å²) < 4.78 is 0. The van der Waals surface area contributed by atoms with Crippen LogP contribution in [-0.4, -0.2) is 46.5 Å². The number of likely N-dealkylation sites (tertiary alicyclic amines) is 1. The maximum Gasteiger partial charge on any atom is 0.274 e. The van der Waals surface area contributed by atoms with Crippen molar-refractivity contribution in [1.29, 1.82) is 0 Å². The Balaban J connectivity index is 1.27. The van der Waals surface area contributed by atoms with Gasteiger partial charge in [-0.2, -0.15) is 5.10 Å². The van der Waals surface area contributed by atoms with Gasteiger partial charge in [0, 0.05) is 42.7 Å². The topological polar surface area (TPSA) is 78.1 Å². The van der Waals surface area contributed by atoms with Crippen molar-refractivity contribution in [2.45, 2.75) is 44.9 Å². The number of fused-ring (bicyclic) bond motifs is 1. The highest BCUT2D eigenvalue weighted by Crippen LogP contribution is 2.27. The number of carbonyl (C=O) groups excluding carboxylic acids is 2. The average molecular weight is 316 g/mol. The zero-order valence-electron chi connectivity index (χ0n) is 13.4. The Morgan fingerprint density at radius 1 is 1.17 bits per heavy atom. The monoisotopic (exact) mass is 316 g/mol. The van der Waals surface area contributed by atoms with Crippen molar-refractivity contribution in [3.8, 4) is 0 Å². The predicted molar refractivity (Wildman–Crippen MR) is 85.0 cm³/mol. The van der Waals surface area contributed by atoms with E-state index >= 15 is 0 Å². The summed E-state index contributed by atoms with van der Waals surface area (Å²) in [5.41, 5.74) is 2.89. The van der Waals surface area contributed by atoms with Gasteiger partial charge >= 0.3 is 0 Å². The van der Waals surface area contributed by atoms with Gasteiger partial charge in [-0.3, -0.25) is 14.7 Å². The molecule has 2 fully saturated rings. The van der Waals surface area contributed by atoms with E-state index in [0.29, 0.717) is 18.2 Å². The highest BCUT2D eigenvalue weighted by molar-refractivity contribution is 5.94. The van der Waals surface area contributed by atoms with Crippen molar-refractivity contribution in [3.63, 3.8) is 0 Å². The molecule has 1 saturated carbocycles. The molecule has 6 heteroatoms. The summed E-state index contributed by atoms with van der Waals surface area (Å²) in [5, 5.41) is 10.3. The lowest BCUT2D eigenvalue weighted by Crippen LogP contribution is -2.54. The SMILES string of the molecule is O=C(NCC1CN(C(=O)c2n[nH]c3c2CCCC3)C1)C1CCC1. The number of H-pyrrole nitrogens is 1. The lowest BCUT2D eigenvalue weighted by Gasteiger charge is -2.39. The second kappa shape index (κ2) is 5.98. The first kappa shape index (κ1) is 14.7. The Hall–Kier alpha value is -1.85. The minimum atomic E-state index is 0.0472. The third-order valence-electron chi connectivity index (χ3n) is 5.54. The lowest BCUT2D eigenvalue weighted by molar-refractivity contribution is -0.127. The fraction of sp³-hybridized carbons (Fsp3) is 0.706. The van der Waals surface area contributed by atoms with Gasteiger partial charge in [-0.05, 0) is 38.5 Å². The molecule has 124 valence electrons. The largest absolute Gasteiger partial charge is 0.355 e. The second-order valence-corrected chi connectivity index (χ2v) is 7.19. The predicted octanol–water partition coefficient (Wildman–Crippen LogP) is 1.28. The molecule has 0 unspecified atom stereocenters. The zero-order valence-corrected chi connectivity index (χ0v) is 13.4. The molecule has 3 aliphatic rings. The summed E-state index contributed by atoms with van der Waals surface area (Å²) in [6, 6.07) is 0. The average Bonchev–Trinajstić information content (AvgIpc) is 2.87. The van der Waals surface area contributed by atoms with E-state index in [9.17, 15) is 9.59 Å². The van der Waals surface area contributed by atoms with Crippen LogP contribution in [-0.2, 0) is 17.6 Å². The summed E-state index contributed by atoms with van der Waals surface area (Å²) in [7, 11) is 0. The summed E-state index contributed by atoms with van der Waals surface area (Å²) in [6.07, 6.45) is 7.53. The van der Waals surface area contributed by atoms with Crippen LogP contribution in [0.2, 0.25) is 0 Å². The van der Waals surface area contributed by atoms with E-state index in [0.717, 1.165) is 56.5 Å². The minimum Gasteiger partial charge on any atom is -0.355 e. The maximum atomic E-state index is 12.6. The Kier molecular flexibility index (Phi) is 3.83. The fourth-order valence-electron chi connectivity index (χ4n) is 3.73. The lowest BCUT2D eigenvalue weighted by atomic mass is 9.84. The summed E-state index contributed by atoms with van der Waals surface area (Å²) >= 11 is 0. The van der Waals surface area contributed by atoms with E-state index in [1.54, 1.807) is 0 Å². The maximum absolute atomic E-state index is 12.6. The van der Waals surface area contributed by atoms with Gasteiger partial charge in [0.2, 0.25) is 5.91 Å². The molecule has 1 saturated heterocycles. The molecule has 0 atom stereocenters. The van der Waals surface area contributed by atoms with Crippen molar-refractivity contribution in [1.82, 2.24) is 20.4 Å². The molecule has 0 aromatic carbocycles. The van der Waals surface area contributed by atoms with Crippen LogP contribution in [0.5, 0.6) is 0 Å². The van der Waals surface area contributed by atoms with Crippen LogP contribution in [0.25, 0.3) is 0 Å². The Bertz CT molecular complexity index is 614. The molecule has 2 amide bonds. The quantitative estimate of drug-likeness (QED) is 0.878. The summed E-state index contributed by atoms with van der Waals surface area (Å²) in [6.45, 7) is 2.15. The van der Waals surface area contributed by atoms with Crippen LogP contribution in [0.4, 0.5) is 0 Å². The van der Waals surface area contributed by atoms with Gasteiger partial charge in [-0.15, -0.1) is 0 Å². The molecule has 1 aliphatic heterocycles. The van der Waals surface area contributed by atoms with E-state index in [1.807, 2.05) is 4.90 Å². The molecule has 23 heavy (non-hydrogen) atoms. The molecule has 0 radical (unpaired) electrons. The highest BCUT2D eigenvalue weighted by atomic mass is 16.2. The number of aromatic amines is 1. The van der Waals surface area contributed by atoms with Crippen LogP contribution in [0.15, 0.2) is 0 Å². The molecule has 2 heterocycles. The zero-order chi connectivity index (χ0) is 15.8. The van der Waals surface area contributed by atoms with E-state index in [2.05, 4.69) is 15.5 Å². The first-order chi connectivity index (χ1) is 11.2. The van der Waals surface area contributed by atoms with Crippen LogP contribution < -0.4 is 5.32 Å². The number of hydrogen-bond acceptors (Lipinski definition) is 3. The molecule has 2 aliphatic carbocycles. The van der Waals surface area contributed by atoms with Crippen molar-refractivity contribution in [2.24, 2.45) is 11.8 Å². The number of nitrogens with one attached hydrogen (secondary N) is 2. The van der Waals surface area contributed by atoms with Gasteiger partial charge in [-0.1, -0.05) is 6.42 Å². The third kappa shape index (κ3) is 2.75. The van der Waals surface area contributed by atoms with Gasteiger partial charge in [-0.25, -0.2) is 0 Å². The van der Waals surface area contributed by atoms with Crippen LogP contribution in [0.3, 0.4) is 0 Å². The number of aromatic nitrogens is 2.